The van der Waals surface area contributed by atoms with E-state index in [9.17, 15) is 4.39 Å². The van der Waals surface area contributed by atoms with Crippen molar-refractivity contribution in [2.24, 2.45) is 0 Å². The number of nitrogens with zero attached hydrogens (tertiary/aromatic N) is 1. The topological polar surface area (TPSA) is 3.24 Å². The smallest absolute Gasteiger partial charge is 0.123 e. The molecule has 0 radical (unpaired) electrons. The molecule has 1 aliphatic rings. The van der Waals surface area contributed by atoms with E-state index >= 15 is 0 Å². The highest BCUT2D eigenvalue weighted by atomic mass is 32.2. The maximum atomic E-state index is 13.1. The van der Waals surface area contributed by atoms with Gasteiger partial charge < -0.3 is 4.90 Å². The van der Waals surface area contributed by atoms with Crippen molar-refractivity contribution in [1.82, 2.24) is 0 Å². The van der Waals surface area contributed by atoms with Crippen molar-refractivity contribution in [2.45, 2.75) is 8.42 Å². The van der Waals surface area contributed by atoms with Gasteiger partial charge in [0.15, 0.2) is 0 Å². The van der Waals surface area contributed by atoms with E-state index < -0.39 is 0 Å². The van der Waals surface area contributed by atoms with Crippen LogP contribution in [0.1, 0.15) is 0 Å². The van der Waals surface area contributed by atoms with Gasteiger partial charge in [-0.3, -0.25) is 0 Å². The van der Waals surface area contributed by atoms with Crippen molar-refractivity contribution < 1.29 is 4.39 Å². The maximum absolute atomic E-state index is 13.1. The van der Waals surface area contributed by atoms with Gasteiger partial charge in [-0.1, -0.05) is 11.8 Å². The van der Waals surface area contributed by atoms with Crippen LogP contribution in [0, 0.1) is 5.82 Å². The minimum Gasteiger partial charge on any atom is -0.306 e. The van der Waals surface area contributed by atoms with Gasteiger partial charge in [0.25, 0.3) is 0 Å². The van der Waals surface area contributed by atoms with Crippen LogP contribution in [0.2, 0.25) is 0 Å². The third-order valence-electron chi connectivity index (χ3n) is 2.97. The lowest BCUT2D eigenvalue weighted by Gasteiger charge is -2.28. The molecule has 0 amide bonds. The van der Waals surface area contributed by atoms with Crippen LogP contribution in [-0.2, 0) is 0 Å². The fourth-order valence-corrected chi connectivity index (χ4v) is 5.42. The van der Waals surface area contributed by atoms with Crippen LogP contribution in [0.15, 0.2) is 55.6 Å². The number of hydrogen-bond donors (Lipinski definition) is 0. The molecule has 0 aliphatic carbocycles. The first-order valence-corrected chi connectivity index (χ1v) is 8.29. The van der Waals surface area contributed by atoms with Gasteiger partial charge in [0.1, 0.15) is 5.82 Å². The van der Waals surface area contributed by atoms with Crippen LogP contribution in [0.5, 0.6) is 0 Å². The van der Waals surface area contributed by atoms with E-state index in [1.54, 1.807) is 22.7 Å². The van der Waals surface area contributed by atoms with E-state index in [0.29, 0.717) is 0 Å². The molecule has 1 nitrogen and oxygen atoms in total. The molecule has 0 saturated carbocycles. The van der Waals surface area contributed by atoms with E-state index in [4.69, 9.17) is 0 Å². The lowest BCUT2D eigenvalue weighted by atomic mass is 10.2. The normalized spacial score (nSPS) is 13.2. The van der Waals surface area contributed by atoms with Crippen LogP contribution in [0.4, 0.5) is 21.5 Å². The second-order valence-electron chi connectivity index (χ2n) is 4.10. The highest BCUT2D eigenvalue weighted by Crippen LogP contribution is 2.55. The van der Waals surface area contributed by atoms with Gasteiger partial charge in [0.2, 0.25) is 0 Å². The zero-order chi connectivity index (χ0) is 12.8. The minimum atomic E-state index is -0.203. The van der Waals surface area contributed by atoms with Gasteiger partial charge >= 0.3 is 0 Å². The monoisotopic (exact) mass is 305 g/mol. The molecule has 0 N–H and O–H groups in total. The second kappa shape index (κ2) is 4.37. The molecule has 4 rings (SSSR count). The summed E-state index contributed by atoms with van der Waals surface area (Å²) in [6.07, 6.45) is 0. The fraction of sp³-hybridized carbons (Fsp3) is 0. The number of benzene rings is 1. The van der Waals surface area contributed by atoms with Gasteiger partial charge in [0, 0.05) is 5.69 Å². The summed E-state index contributed by atoms with van der Waals surface area (Å²) in [7, 11) is 0. The van der Waals surface area contributed by atoms with Crippen molar-refractivity contribution >= 4 is 51.5 Å². The summed E-state index contributed by atoms with van der Waals surface area (Å²) in [6, 6.07) is 10.9. The standard InChI is InChI=1S/C14H8FNS3/c15-9-1-3-10(4-2-9)16-11-5-7-17-13(11)19-14-12(16)6-8-18-14/h1-8H. The van der Waals surface area contributed by atoms with E-state index in [-0.39, 0.29) is 5.82 Å². The Balaban J connectivity index is 1.92. The highest BCUT2D eigenvalue weighted by Gasteiger charge is 2.26. The Morgan fingerprint density at radius 2 is 1.37 bits per heavy atom. The molecule has 94 valence electrons. The summed E-state index contributed by atoms with van der Waals surface area (Å²) in [4.78, 5) is 2.20. The third-order valence-corrected chi connectivity index (χ3v) is 6.23. The Bertz CT molecular complexity index is 689. The summed E-state index contributed by atoms with van der Waals surface area (Å²) in [5.74, 6) is -0.203. The molecule has 3 heterocycles. The number of thiophene rings is 2. The van der Waals surface area contributed by atoms with Crippen LogP contribution < -0.4 is 4.90 Å². The predicted octanol–water partition coefficient (Wildman–Crippen LogP) is 5.88. The first kappa shape index (κ1) is 11.5. The average molecular weight is 305 g/mol. The SMILES string of the molecule is Fc1ccc(N2c3ccsc3Sc3sccc32)cc1. The van der Waals surface area contributed by atoms with Crippen LogP contribution in [0.25, 0.3) is 0 Å². The second-order valence-corrected chi connectivity index (χ2v) is 7.47. The molecule has 0 spiro atoms. The molecule has 19 heavy (non-hydrogen) atoms. The molecule has 0 unspecified atom stereocenters. The molecule has 0 atom stereocenters. The Morgan fingerprint density at radius 1 is 0.789 bits per heavy atom. The molecule has 0 fully saturated rings. The number of hydrogen-bond acceptors (Lipinski definition) is 4. The zero-order valence-corrected chi connectivity index (χ0v) is 12.1. The Kier molecular flexibility index (Phi) is 2.65. The van der Waals surface area contributed by atoms with Gasteiger partial charge in [-0.05, 0) is 47.2 Å². The molecule has 1 aromatic carbocycles. The van der Waals surface area contributed by atoms with Gasteiger partial charge in [-0.25, -0.2) is 4.39 Å². The zero-order valence-electron chi connectivity index (χ0n) is 9.67. The van der Waals surface area contributed by atoms with E-state index in [1.165, 1.54) is 31.9 Å². The van der Waals surface area contributed by atoms with Gasteiger partial charge in [-0.15, -0.1) is 22.7 Å². The Morgan fingerprint density at radius 3 is 1.95 bits per heavy atom. The average Bonchev–Trinajstić information content (AvgIpc) is 3.05. The Hall–Kier alpha value is -1.30. The van der Waals surface area contributed by atoms with Gasteiger partial charge in [-0.2, -0.15) is 0 Å². The van der Waals surface area contributed by atoms with Crippen molar-refractivity contribution in [1.29, 1.82) is 0 Å². The maximum Gasteiger partial charge on any atom is 0.123 e. The molecular weight excluding hydrogens is 297 g/mol. The van der Waals surface area contributed by atoms with Crippen LogP contribution >= 0.6 is 34.4 Å². The van der Waals surface area contributed by atoms with Gasteiger partial charge in [0.05, 0.1) is 19.8 Å². The predicted molar refractivity (Wildman–Crippen MR) is 81.0 cm³/mol. The summed E-state index contributed by atoms with van der Waals surface area (Å²) >= 11 is 5.31. The third kappa shape index (κ3) is 1.81. The van der Waals surface area contributed by atoms with E-state index in [2.05, 4.69) is 27.8 Å². The highest BCUT2D eigenvalue weighted by molar-refractivity contribution is 8.03. The molecule has 5 heteroatoms. The molecule has 2 aromatic heterocycles. The first-order chi connectivity index (χ1) is 9.33. The lowest BCUT2D eigenvalue weighted by Crippen LogP contribution is -2.11. The molecule has 3 aromatic rings. The largest absolute Gasteiger partial charge is 0.306 e. The number of rotatable bonds is 1. The number of halogens is 1. The van der Waals surface area contributed by atoms with Crippen LogP contribution in [0.3, 0.4) is 0 Å². The van der Waals surface area contributed by atoms with Crippen molar-refractivity contribution in [3.05, 3.63) is 53.0 Å². The molecular formula is C14H8FNS3. The molecule has 0 bridgehead atoms. The summed E-state index contributed by atoms with van der Waals surface area (Å²) in [6.45, 7) is 0. The summed E-state index contributed by atoms with van der Waals surface area (Å²) in [5, 5.41) is 4.20. The van der Waals surface area contributed by atoms with E-state index in [0.717, 1.165) is 5.69 Å². The van der Waals surface area contributed by atoms with Crippen molar-refractivity contribution in [3.63, 3.8) is 0 Å². The number of anilines is 3. The first-order valence-electron chi connectivity index (χ1n) is 5.71. The number of fused-ring (bicyclic) bond motifs is 2. The lowest BCUT2D eigenvalue weighted by molar-refractivity contribution is 0.628. The minimum absolute atomic E-state index is 0.203. The summed E-state index contributed by atoms with van der Waals surface area (Å²) in [5.41, 5.74) is 3.38. The molecule has 1 aliphatic heterocycles. The van der Waals surface area contributed by atoms with Crippen LogP contribution in [-0.4, -0.2) is 0 Å². The van der Waals surface area contributed by atoms with E-state index in [1.807, 2.05) is 23.9 Å². The van der Waals surface area contributed by atoms with Crippen molar-refractivity contribution in [2.75, 3.05) is 4.90 Å². The Labute approximate surface area is 122 Å². The quantitative estimate of drug-likeness (QED) is 0.432. The molecule has 0 saturated heterocycles. The fourth-order valence-electron chi connectivity index (χ4n) is 2.14. The summed E-state index contributed by atoms with van der Waals surface area (Å²) < 4.78 is 15.7. The van der Waals surface area contributed by atoms with Crippen molar-refractivity contribution in [3.8, 4) is 0 Å².